The van der Waals surface area contributed by atoms with Crippen molar-refractivity contribution in [3.05, 3.63) is 89.5 Å². The van der Waals surface area contributed by atoms with E-state index in [4.69, 9.17) is 4.84 Å². The molecule has 0 unspecified atom stereocenters. The minimum atomic E-state index is -1.01. The van der Waals surface area contributed by atoms with Crippen LogP contribution in [0.5, 0.6) is 0 Å². The van der Waals surface area contributed by atoms with Crippen molar-refractivity contribution in [1.29, 1.82) is 0 Å². The van der Waals surface area contributed by atoms with Crippen LogP contribution in [0.15, 0.2) is 67.0 Å². The maximum Gasteiger partial charge on any atom is 0.364 e. The van der Waals surface area contributed by atoms with Crippen LogP contribution >= 0.6 is 0 Å². The Bertz CT molecular complexity index is 1050. The van der Waals surface area contributed by atoms with Gasteiger partial charge in [0, 0.05) is 18.0 Å². The second-order valence-electron chi connectivity index (χ2n) is 5.76. The highest BCUT2D eigenvalue weighted by Crippen LogP contribution is 2.25. The smallest absolute Gasteiger partial charge is 0.324 e. The van der Waals surface area contributed by atoms with Gasteiger partial charge in [0.25, 0.3) is 11.8 Å². The van der Waals surface area contributed by atoms with Gasteiger partial charge in [-0.05, 0) is 42.0 Å². The van der Waals surface area contributed by atoms with Gasteiger partial charge in [-0.1, -0.05) is 23.3 Å². The highest BCUT2D eigenvalue weighted by Gasteiger charge is 2.38. The number of carbonyl (C=O) groups is 3. The van der Waals surface area contributed by atoms with Gasteiger partial charge in [0.1, 0.15) is 5.82 Å². The molecule has 2 aromatic carbocycles. The highest BCUT2D eigenvalue weighted by atomic mass is 19.1. The number of amides is 2. The number of aromatic nitrogens is 1. The molecule has 0 saturated carbocycles. The lowest BCUT2D eigenvalue weighted by molar-refractivity contribution is -0.0584. The highest BCUT2D eigenvalue weighted by molar-refractivity contribution is 6.21. The zero-order valence-electron chi connectivity index (χ0n) is 13.8. The van der Waals surface area contributed by atoms with Crippen LogP contribution in [-0.2, 0) is 4.84 Å². The first-order chi connectivity index (χ1) is 13.1. The summed E-state index contributed by atoms with van der Waals surface area (Å²) < 4.78 is 14.4. The molecule has 1 aliphatic heterocycles. The number of hydroxylamine groups is 2. The summed E-state index contributed by atoms with van der Waals surface area (Å²) in [6.07, 6.45) is 3.05. The predicted octanol–water partition coefficient (Wildman–Crippen LogP) is 3.26. The van der Waals surface area contributed by atoms with Crippen molar-refractivity contribution in [3.8, 4) is 11.1 Å². The molecule has 132 valence electrons. The number of nitrogens with zero attached hydrogens (tertiary/aromatic N) is 2. The molecule has 7 heteroatoms. The van der Waals surface area contributed by atoms with Gasteiger partial charge in [-0.3, -0.25) is 14.6 Å². The fourth-order valence-electron chi connectivity index (χ4n) is 2.79. The number of hydrogen-bond acceptors (Lipinski definition) is 5. The number of halogens is 1. The quantitative estimate of drug-likeness (QED) is 0.669. The fourth-order valence-corrected chi connectivity index (χ4v) is 2.79. The van der Waals surface area contributed by atoms with E-state index in [1.807, 2.05) is 0 Å². The third-order valence-corrected chi connectivity index (χ3v) is 4.13. The number of rotatable bonds is 3. The average Bonchev–Trinajstić information content (AvgIpc) is 2.94. The molecule has 0 saturated heterocycles. The van der Waals surface area contributed by atoms with E-state index in [1.54, 1.807) is 24.3 Å². The first-order valence-corrected chi connectivity index (χ1v) is 7.96. The van der Waals surface area contributed by atoms with Crippen molar-refractivity contribution in [2.45, 2.75) is 0 Å². The molecule has 0 fully saturated rings. The van der Waals surface area contributed by atoms with E-state index in [-0.39, 0.29) is 22.3 Å². The van der Waals surface area contributed by atoms with Crippen LogP contribution in [0.2, 0.25) is 0 Å². The predicted molar refractivity (Wildman–Crippen MR) is 92.0 cm³/mol. The van der Waals surface area contributed by atoms with Gasteiger partial charge in [-0.15, -0.1) is 0 Å². The molecule has 2 amide bonds. The Morgan fingerprint density at radius 3 is 2.11 bits per heavy atom. The number of carbonyl (C=O) groups excluding carboxylic acids is 3. The number of imide groups is 1. The first kappa shape index (κ1) is 16.6. The molecule has 27 heavy (non-hydrogen) atoms. The maximum atomic E-state index is 14.4. The Morgan fingerprint density at radius 1 is 0.889 bits per heavy atom. The Morgan fingerprint density at radius 2 is 1.52 bits per heavy atom. The van der Waals surface area contributed by atoms with Crippen molar-refractivity contribution in [1.82, 2.24) is 10.0 Å². The van der Waals surface area contributed by atoms with Crippen LogP contribution in [0.25, 0.3) is 11.1 Å². The lowest BCUT2D eigenvalue weighted by Crippen LogP contribution is -2.32. The molecule has 0 bridgehead atoms. The van der Waals surface area contributed by atoms with Crippen molar-refractivity contribution in [2.24, 2.45) is 0 Å². The van der Waals surface area contributed by atoms with E-state index in [2.05, 4.69) is 4.98 Å². The lowest BCUT2D eigenvalue weighted by atomic mass is 10.0. The fraction of sp³-hybridized carbons (Fsp3) is 0. The summed E-state index contributed by atoms with van der Waals surface area (Å²) in [4.78, 5) is 45.5. The molecule has 0 spiro atoms. The van der Waals surface area contributed by atoms with E-state index in [0.717, 1.165) is 6.07 Å². The summed E-state index contributed by atoms with van der Waals surface area (Å²) in [6.45, 7) is 0. The molecule has 3 aromatic rings. The third kappa shape index (κ3) is 2.85. The molecule has 6 nitrogen and oxygen atoms in total. The molecule has 1 aliphatic rings. The molecule has 4 rings (SSSR count). The van der Waals surface area contributed by atoms with Gasteiger partial charge in [-0.2, -0.15) is 0 Å². The Hall–Kier alpha value is -3.87. The second kappa shape index (κ2) is 6.45. The summed E-state index contributed by atoms with van der Waals surface area (Å²) in [5.74, 6) is -3.13. The number of benzene rings is 2. The van der Waals surface area contributed by atoms with Crippen LogP contribution in [0.1, 0.15) is 31.1 Å². The molecule has 2 heterocycles. The van der Waals surface area contributed by atoms with E-state index in [1.165, 1.54) is 36.7 Å². The van der Waals surface area contributed by atoms with Gasteiger partial charge in [0.2, 0.25) is 0 Å². The minimum absolute atomic E-state index is 0.123. The SMILES string of the molecule is O=C(ON1C(=O)c2ccccc2C1=O)c1ccc(-c2ccncc2)c(F)c1. The zero-order chi connectivity index (χ0) is 19.0. The topological polar surface area (TPSA) is 76.6 Å². The van der Waals surface area contributed by atoms with Crippen molar-refractivity contribution < 1.29 is 23.6 Å². The molecular formula is C20H11FN2O4. The molecule has 1 aromatic heterocycles. The molecule has 0 atom stereocenters. The monoisotopic (exact) mass is 362 g/mol. The standard InChI is InChI=1S/C20H11FN2O4/c21-17-11-13(5-6-14(17)12-7-9-22-10-8-12)20(26)27-23-18(24)15-3-1-2-4-16(15)19(23)25/h1-11H. The minimum Gasteiger partial charge on any atom is -0.324 e. The summed E-state index contributed by atoms with van der Waals surface area (Å²) >= 11 is 0. The Balaban J connectivity index is 1.57. The van der Waals surface area contributed by atoms with Crippen LogP contribution in [0.3, 0.4) is 0 Å². The molecule has 0 radical (unpaired) electrons. The third-order valence-electron chi connectivity index (χ3n) is 4.13. The van der Waals surface area contributed by atoms with Gasteiger partial charge in [0.15, 0.2) is 0 Å². The van der Waals surface area contributed by atoms with E-state index < -0.39 is 23.6 Å². The lowest BCUT2D eigenvalue weighted by Gasteiger charge is -2.13. The van der Waals surface area contributed by atoms with Crippen molar-refractivity contribution in [2.75, 3.05) is 0 Å². The van der Waals surface area contributed by atoms with E-state index in [9.17, 15) is 18.8 Å². The number of fused-ring (bicyclic) bond motifs is 1. The summed E-state index contributed by atoms with van der Waals surface area (Å²) in [5.41, 5.74) is 1.06. The van der Waals surface area contributed by atoms with Crippen molar-refractivity contribution in [3.63, 3.8) is 0 Å². The van der Waals surface area contributed by atoms with E-state index in [0.29, 0.717) is 10.6 Å². The van der Waals surface area contributed by atoms with Crippen LogP contribution < -0.4 is 0 Å². The number of pyridine rings is 1. The first-order valence-electron chi connectivity index (χ1n) is 7.96. The van der Waals surface area contributed by atoms with Gasteiger partial charge in [0.05, 0.1) is 16.7 Å². The zero-order valence-corrected chi connectivity index (χ0v) is 13.8. The van der Waals surface area contributed by atoms with Crippen LogP contribution in [0.4, 0.5) is 4.39 Å². The Kier molecular flexibility index (Phi) is 3.97. The largest absolute Gasteiger partial charge is 0.364 e. The molecule has 0 N–H and O–H groups in total. The summed E-state index contributed by atoms with van der Waals surface area (Å²) in [5, 5.41) is 0.391. The molecule has 0 aliphatic carbocycles. The van der Waals surface area contributed by atoms with Crippen LogP contribution in [-0.4, -0.2) is 27.8 Å². The molecular weight excluding hydrogens is 351 g/mol. The summed E-state index contributed by atoms with van der Waals surface area (Å²) in [6, 6.07) is 13.2. The summed E-state index contributed by atoms with van der Waals surface area (Å²) in [7, 11) is 0. The second-order valence-corrected chi connectivity index (χ2v) is 5.76. The van der Waals surface area contributed by atoms with Crippen LogP contribution in [0, 0.1) is 5.82 Å². The maximum absolute atomic E-state index is 14.4. The van der Waals surface area contributed by atoms with Crippen molar-refractivity contribution >= 4 is 17.8 Å². The normalized spacial score (nSPS) is 12.9. The average molecular weight is 362 g/mol. The van der Waals surface area contributed by atoms with Gasteiger partial charge < -0.3 is 4.84 Å². The van der Waals surface area contributed by atoms with Gasteiger partial charge >= 0.3 is 5.97 Å². The Labute approximate surface area is 152 Å². The van der Waals surface area contributed by atoms with E-state index >= 15 is 0 Å². The van der Waals surface area contributed by atoms with Gasteiger partial charge in [-0.25, -0.2) is 9.18 Å². The number of hydrogen-bond donors (Lipinski definition) is 0.